The van der Waals surface area contributed by atoms with Crippen LogP contribution in [0.25, 0.3) is 0 Å². The number of methoxy groups -OCH3 is 1. The average molecular weight is 342 g/mol. The van der Waals surface area contributed by atoms with Gasteiger partial charge in [0.05, 0.1) is 7.11 Å². The van der Waals surface area contributed by atoms with Crippen molar-refractivity contribution in [3.8, 4) is 5.75 Å². The van der Waals surface area contributed by atoms with Crippen molar-refractivity contribution in [1.82, 2.24) is 5.32 Å². The number of oxime groups is 1. The van der Waals surface area contributed by atoms with Gasteiger partial charge in [-0.1, -0.05) is 17.3 Å². The normalized spacial score (nSPS) is 18.9. The third-order valence-electron chi connectivity index (χ3n) is 2.99. The maximum absolute atomic E-state index is 11.9. The number of nitrogens with zero attached hydrogens (tertiary/aromatic N) is 1. The summed E-state index contributed by atoms with van der Waals surface area (Å²) in [6.45, 7) is 0.408. The van der Waals surface area contributed by atoms with E-state index in [-0.39, 0.29) is 5.91 Å². The first kappa shape index (κ1) is 14.8. The SMILES string of the molecule is COc1ccc(CNC(=O)[C@@H](N)[C@@H]2CC(Br)=NO2)cc1. The summed E-state index contributed by atoms with van der Waals surface area (Å²) in [4.78, 5) is 17.0. The van der Waals surface area contributed by atoms with Gasteiger partial charge in [0.1, 0.15) is 16.4 Å². The summed E-state index contributed by atoms with van der Waals surface area (Å²) >= 11 is 3.21. The second-order valence-corrected chi connectivity index (χ2v) is 5.32. The third-order valence-corrected chi connectivity index (χ3v) is 3.45. The lowest BCUT2D eigenvalue weighted by Gasteiger charge is -2.16. The number of ether oxygens (including phenoxy) is 1. The number of rotatable bonds is 5. The zero-order valence-corrected chi connectivity index (χ0v) is 12.6. The highest BCUT2D eigenvalue weighted by Gasteiger charge is 2.31. The van der Waals surface area contributed by atoms with Gasteiger partial charge in [-0.05, 0) is 33.6 Å². The van der Waals surface area contributed by atoms with Gasteiger partial charge in [-0.25, -0.2) is 0 Å². The van der Waals surface area contributed by atoms with E-state index in [9.17, 15) is 4.79 Å². The van der Waals surface area contributed by atoms with Crippen LogP contribution in [0.2, 0.25) is 0 Å². The van der Waals surface area contributed by atoms with Crippen LogP contribution in [0.15, 0.2) is 29.4 Å². The van der Waals surface area contributed by atoms with Crippen LogP contribution in [0.5, 0.6) is 5.75 Å². The largest absolute Gasteiger partial charge is 0.497 e. The minimum atomic E-state index is -0.743. The molecular weight excluding hydrogens is 326 g/mol. The van der Waals surface area contributed by atoms with Crippen LogP contribution in [0.4, 0.5) is 0 Å². The number of nitrogens with one attached hydrogen (secondary N) is 1. The second-order valence-electron chi connectivity index (χ2n) is 4.41. The molecule has 2 atom stereocenters. The van der Waals surface area contributed by atoms with E-state index in [4.69, 9.17) is 15.3 Å². The van der Waals surface area contributed by atoms with E-state index in [1.165, 1.54) is 0 Å². The molecule has 0 radical (unpaired) electrons. The van der Waals surface area contributed by atoms with Crippen LogP contribution in [-0.4, -0.2) is 29.8 Å². The van der Waals surface area contributed by atoms with E-state index in [1.54, 1.807) is 7.11 Å². The first-order valence-corrected chi connectivity index (χ1v) is 6.94. The van der Waals surface area contributed by atoms with E-state index in [0.29, 0.717) is 17.6 Å². The van der Waals surface area contributed by atoms with Crippen LogP contribution < -0.4 is 15.8 Å². The molecule has 1 aromatic carbocycles. The highest BCUT2D eigenvalue weighted by atomic mass is 79.9. The van der Waals surface area contributed by atoms with Crippen LogP contribution >= 0.6 is 15.9 Å². The fourth-order valence-electron chi connectivity index (χ4n) is 1.78. The first-order valence-electron chi connectivity index (χ1n) is 6.14. The van der Waals surface area contributed by atoms with Crippen molar-refractivity contribution in [2.45, 2.75) is 25.1 Å². The van der Waals surface area contributed by atoms with E-state index in [0.717, 1.165) is 11.3 Å². The quantitative estimate of drug-likeness (QED) is 0.840. The Labute approximate surface area is 125 Å². The lowest BCUT2D eigenvalue weighted by atomic mass is 10.1. The molecule has 0 fully saturated rings. The van der Waals surface area contributed by atoms with Crippen molar-refractivity contribution in [3.63, 3.8) is 0 Å². The number of amides is 1. The Morgan fingerprint density at radius 1 is 1.60 bits per heavy atom. The Bertz CT molecular complexity index is 504. The molecule has 0 saturated carbocycles. The molecule has 1 aliphatic heterocycles. The lowest BCUT2D eigenvalue weighted by Crippen LogP contribution is -2.48. The molecule has 3 N–H and O–H groups in total. The molecule has 0 spiro atoms. The zero-order valence-electron chi connectivity index (χ0n) is 11.0. The summed E-state index contributed by atoms with van der Waals surface area (Å²) in [5.74, 6) is 0.515. The highest BCUT2D eigenvalue weighted by Crippen LogP contribution is 2.16. The van der Waals surface area contributed by atoms with E-state index in [2.05, 4.69) is 26.4 Å². The van der Waals surface area contributed by atoms with E-state index >= 15 is 0 Å². The molecule has 0 bridgehead atoms. The van der Waals surface area contributed by atoms with Gasteiger partial charge in [0, 0.05) is 13.0 Å². The molecule has 0 aromatic heterocycles. The molecule has 108 valence electrons. The molecule has 1 aliphatic rings. The molecule has 6 nitrogen and oxygen atoms in total. The van der Waals surface area contributed by atoms with Crippen LogP contribution in [0.1, 0.15) is 12.0 Å². The summed E-state index contributed by atoms with van der Waals surface area (Å²) in [6, 6.07) is 6.71. The molecule has 0 saturated heterocycles. The topological polar surface area (TPSA) is 85.9 Å². The number of nitrogens with two attached hydrogens (primary N) is 1. The summed E-state index contributed by atoms with van der Waals surface area (Å²) < 4.78 is 5.74. The fraction of sp³-hybridized carbons (Fsp3) is 0.385. The molecule has 2 rings (SSSR count). The van der Waals surface area contributed by atoms with Gasteiger partial charge in [-0.2, -0.15) is 0 Å². The van der Waals surface area contributed by atoms with Crippen LogP contribution in [-0.2, 0) is 16.2 Å². The number of carbonyl (C=O) groups excluding carboxylic acids is 1. The van der Waals surface area contributed by atoms with Crippen LogP contribution in [0.3, 0.4) is 0 Å². The van der Waals surface area contributed by atoms with Crippen molar-refractivity contribution in [2.75, 3.05) is 7.11 Å². The molecule has 1 amide bonds. The number of halogens is 1. The van der Waals surface area contributed by atoms with Crippen molar-refractivity contribution in [2.24, 2.45) is 10.9 Å². The van der Waals surface area contributed by atoms with Gasteiger partial charge < -0.3 is 20.6 Å². The van der Waals surface area contributed by atoms with Crippen molar-refractivity contribution >= 4 is 26.5 Å². The van der Waals surface area contributed by atoms with Gasteiger partial charge in [-0.3, -0.25) is 4.79 Å². The standard InChI is InChI=1S/C13H16BrN3O3/c1-19-9-4-2-8(3-5-9)7-16-13(18)12(15)10-6-11(14)17-20-10/h2-5,10,12H,6-7,15H2,1H3,(H,16,18)/t10-,12-/m0/s1. The van der Waals surface area contributed by atoms with Gasteiger partial charge in [0.15, 0.2) is 6.10 Å². The van der Waals surface area contributed by atoms with Crippen molar-refractivity contribution in [3.05, 3.63) is 29.8 Å². The number of hydrogen-bond donors (Lipinski definition) is 2. The summed E-state index contributed by atoms with van der Waals surface area (Å²) in [5.41, 5.74) is 6.81. The summed E-state index contributed by atoms with van der Waals surface area (Å²) in [6.07, 6.45) is 0.0946. The molecule has 1 aromatic rings. The molecule has 0 aliphatic carbocycles. The Balaban J connectivity index is 1.82. The van der Waals surface area contributed by atoms with Crippen LogP contribution in [0, 0.1) is 0 Å². The maximum Gasteiger partial charge on any atom is 0.241 e. The maximum atomic E-state index is 11.9. The van der Waals surface area contributed by atoms with Gasteiger partial charge in [0.2, 0.25) is 5.91 Å². The summed E-state index contributed by atoms with van der Waals surface area (Å²) in [5, 5.41) is 6.49. The Morgan fingerprint density at radius 3 is 2.85 bits per heavy atom. The molecule has 0 unspecified atom stereocenters. The van der Waals surface area contributed by atoms with Gasteiger partial charge in [0.25, 0.3) is 0 Å². The average Bonchev–Trinajstić information content (AvgIpc) is 2.91. The predicted octanol–water partition coefficient (Wildman–Crippen LogP) is 1.14. The molecule has 20 heavy (non-hydrogen) atoms. The Morgan fingerprint density at radius 2 is 2.30 bits per heavy atom. The number of hydrogen-bond acceptors (Lipinski definition) is 5. The smallest absolute Gasteiger partial charge is 0.241 e. The van der Waals surface area contributed by atoms with E-state index < -0.39 is 12.1 Å². The molecule has 7 heteroatoms. The minimum absolute atomic E-state index is 0.261. The minimum Gasteiger partial charge on any atom is -0.497 e. The lowest BCUT2D eigenvalue weighted by molar-refractivity contribution is -0.125. The molecular formula is C13H16BrN3O3. The Hall–Kier alpha value is -1.60. The number of carbonyl (C=O) groups is 1. The van der Waals surface area contributed by atoms with Gasteiger partial charge >= 0.3 is 0 Å². The third kappa shape index (κ3) is 3.71. The first-order chi connectivity index (χ1) is 9.60. The zero-order chi connectivity index (χ0) is 14.5. The monoisotopic (exact) mass is 341 g/mol. The Kier molecular flexibility index (Phi) is 4.97. The molecule has 1 heterocycles. The highest BCUT2D eigenvalue weighted by molar-refractivity contribution is 9.18. The predicted molar refractivity (Wildman–Crippen MR) is 78.7 cm³/mol. The fourth-order valence-corrected chi connectivity index (χ4v) is 2.18. The van der Waals surface area contributed by atoms with E-state index in [1.807, 2.05) is 24.3 Å². The number of benzene rings is 1. The van der Waals surface area contributed by atoms with Gasteiger partial charge in [-0.15, -0.1) is 0 Å². The van der Waals surface area contributed by atoms with Crippen molar-refractivity contribution < 1.29 is 14.4 Å². The summed E-state index contributed by atoms with van der Waals surface area (Å²) in [7, 11) is 1.61. The second kappa shape index (κ2) is 6.71. The van der Waals surface area contributed by atoms with Crippen molar-refractivity contribution in [1.29, 1.82) is 0 Å².